The van der Waals surface area contributed by atoms with Gasteiger partial charge in [0.2, 0.25) is 0 Å². The van der Waals surface area contributed by atoms with Crippen LogP contribution < -0.4 is 4.74 Å². The second-order valence-electron chi connectivity index (χ2n) is 4.87. The summed E-state index contributed by atoms with van der Waals surface area (Å²) in [7, 11) is 1.64. The van der Waals surface area contributed by atoms with Gasteiger partial charge in [0.05, 0.1) is 19.1 Å². The minimum Gasteiger partial charge on any atom is -0.497 e. The first-order chi connectivity index (χ1) is 10.8. The smallest absolute Gasteiger partial charge is 0.133 e. The van der Waals surface area contributed by atoms with E-state index in [9.17, 15) is 0 Å². The standard InChI is InChI=1S/C17H13N3O2/c1-21-14-7-5-13(6-8-14)20-18-15-9-4-12(11-16(15)19-20)17-3-2-10-22-17/h2-11H,1H3. The average molecular weight is 291 g/mol. The van der Waals surface area contributed by atoms with E-state index in [1.54, 1.807) is 18.2 Å². The van der Waals surface area contributed by atoms with Crippen LogP contribution in [0, 0.1) is 0 Å². The fourth-order valence-corrected chi connectivity index (χ4v) is 2.34. The van der Waals surface area contributed by atoms with Crippen LogP contribution in [0.25, 0.3) is 28.0 Å². The lowest BCUT2D eigenvalue weighted by Gasteiger charge is -2.01. The monoisotopic (exact) mass is 291 g/mol. The SMILES string of the molecule is COc1ccc(-n2nc3ccc(-c4ccco4)cc3n2)cc1. The van der Waals surface area contributed by atoms with E-state index in [1.165, 1.54) is 0 Å². The molecule has 4 rings (SSSR count). The largest absolute Gasteiger partial charge is 0.497 e. The molecular formula is C17H13N3O2. The molecule has 0 aliphatic heterocycles. The number of rotatable bonds is 3. The van der Waals surface area contributed by atoms with Crippen LogP contribution in [0.4, 0.5) is 0 Å². The molecule has 0 N–H and O–H groups in total. The maximum Gasteiger partial charge on any atom is 0.133 e. The molecule has 0 radical (unpaired) electrons. The second kappa shape index (κ2) is 5.04. The van der Waals surface area contributed by atoms with Gasteiger partial charge in [0, 0.05) is 5.56 Å². The van der Waals surface area contributed by atoms with Crippen molar-refractivity contribution in [1.29, 1.82) is 0 Å². The van der Waals surface area contributed by atoms with Crippen LogP contribution in [0.5, 0.6) is 5.75 Å². The van der Waals surface area contributed by atoms with E-state index in [2.05, 4.69) is 10.2 Å². The van der Waals surface area contributed by atoms with Crippen molar-refractivity contribution in [3.8, 4) is 22.8 Å². The third-order valence-electron chi connectivity index (χ3n) is 3.49. The summed E-state index contributed by atoms with van der Waals surface area (Å²) in [5.74, 6) is 1.63. The van der Waals surface area contributed by atoms with Gasteiger partial charge in [0.25, 0.3) is 0 Å². The molecule has 0 aliphatic rings. The first-order valence-corrected chi connectivity index (χ1v) is 6.89. The number of fused-ring (bicyclic) bond motifs is 1. The fourth-order valence-electron chi connectivity index (χ4n) is 2.34. The zero-order valence-corrected chi connectivity index (χ0v) is 11.9. The first kappa shape index (κ1) is 12.6. The molecule has 0 spiro atoms. The summed E-state index contributed by atoms with van der Waals surface area (Å²) in [6.45, 7) is 0. The molecule has 2 aromatic carbocycles. The van der Waals surface area contributed by atoms with Gasteiger partial charge in [-0.2, -0.15) is 4.80 Å². The highest BCUT2D eigenvalue weighted by Crippen LogP contribution is 2.24. The summed E-state index contributed by atoms with van der Waals surface area (Å²) >= 11 is 0. The van der Waals surface area contributed by atoms with Gasteiger partial charge in [-0.1, -0.05) is 0 Å². The minimum absolute atomic E-state index is 0.806. The fraction of sp³-hybridized carbons (Fsp3) is 0.0588. The molecule has 108 valence electrons. The third kappa shape index (κ3) is 2.13. The second-order valence-corrected chi connectivity index (χ2v) is 4.87. The Morgan fingerprint density at radius 1 is 0.955 bits per heavy atom. The van der Waals surface area contributed by atoms with Gasteiger partial charge < -0.3 is 9.15 Å². The number of ether oxygens (including phenoxy) is 1. The lowest BCUT2D eigenvalue weighted by molar-refractivity contribution is 0.414. The number of aromatic nitrogens is 3. The van der Waals surface area contributed by atoms with Crippen molar-refractivity contribution < 1.29 is 9.15 Å². The molecule has 22 heavy (non-hydrogen) atoms. The first-order valence-electron chi connectivity index (χ1n) is 6.89. The molecule has 0 unspecified atom stereocenters. The Kier molecular flexibility index (Phi) is 2.89. The average Bonchev–Trinajstić information content (AvgIpc) is 3.23. The highest BCUT2D eigenvalue weighted by atomic mass is 16.5. The molecule has 0 saturated heterocycles. The molecular weight excluding hydrogens is 278 g/mol. The lowest BCUT2D eigenvalue weighted by Crippen LogP contribution is -1.98. The Balaban J connectivity index is 1.76. The molecule has 0 saturated carbocycles. The van der Waals surface area contributed by atoms with Crippen LogP contribution in [0.2, 0.25) is 0 Å². The van der Waals surface area contributed by atoms with E-state index in [0.29, 0.717) is 0 Å². The molecule has 0 fully saturated rings. The Hall–Kier alpha value is -3.08. The molecule has 0 atom stereocenters. The molecule has 0 aliphatic carbocycles. The third-order valence-corrected chi connectivity index (χ3v) is 3.49. The quantitative estimate of drug-likeness (QED) is 0.577. The number of methoxy groups -OCH3 is 1. The van der Waals surface area contributed by atoms with Crippen LogP contribution >= 0.6 is 0 Å². The summed E-state index contributed by atoms with van der Waals surface area (Å²) in [5, 5.41) is 9.03. The Labute approximate surface area is 126 Å². The van der Waals surface area contributed by atoms with Crippen molar-refractivity contribution >= 4 is 11.0 Å². The molecule has 2 heterocycles. The number of benzene rings is 2. The van der Waals surface area contributed by atoms with Gasteiger partial charge in [-0.05, 0) is 54.6 Å². The predicted molar refractivity (Wildman–Crippen MR) is 83.1 cm³/mol. The molecule has 0 amide bonds. The van der Waals surface area contributed by atoms with E-state index >= 15 is 0 Å². The normalized spacial score (nSPS) is 11.0. The van der Waals surface area contributed by atoms with Gasteiger partial charge >= 0.3 is 0 Å². The highest BCUT2D eigenvalue weighted by Gasteiger charge is 2.08. The van der Waals surface area contributed by atoms with Gasteiger partial charge in [0.1, 0.15) is 22.5 Å². The van der Waals surface area contributed by atoms with Gasteiger partial charge in [0.15, 0.2) is 0 Å². The number of hydrogen-bond acceptors (Lipinski definition) is 4. The Bertz CT molecular complexity index is 909. The lowest BCUT2D eigenvalue weighted by atomic mass is 10.1. The summed E-state index contributed by atoms with van der Waals surface area (Å²) in [6, 6.07) is 17.3. The summed E-state index contributed by atoms with van der Waals surface area (Å²) in [6.07, 6.45) is 1.66. The molecule has 2 aromatic heterocycles. The highest BCUT2D eigenvalue weighted by molar-refractivity contribution is 5.80. The van der Waals surface area contributed by atoms with Crippen LogP contribution in [-0.4, -0.2) is 22.1 Å². The van der Waals surface area contributed by atoms with Crippen LogP contribution in [0.1, 0.15) is 0 Å². The summed E-state index contributed by atoms with van der Waals surface area (Å²) in [5.41, 5.74) is 3.53. The summed E-state index contributed by atoms with van der Waals surface area (Å²) < 4.78 is 10.6. The Morgan fingerprint density at radius 3 is 2.50 bits per heavy atom. The molecule has 0 bridgehead atoms. The summed E-state index contributed by atoms with van der Waals surface area (Å²) in [4.78, 5) is 1.62. The van der Waals surface area contributed by atoms with Crippen molar-refractivity contribution in [3.05, 3.63) is 60.9 Å². The van der Waals surface area contributed by atoms with E-state index in [4.69, 9.17) is 9.15 Å². The number of nitrogens with zero attached hydrogens (tertiary/aromatic N) is 3. The van der Waals surface area contributed by atoms with Crippen molar-refractivity contribution in [3.63, 3.8) is 0 Å². The topological polar surface area (TPSA) is 53.1 Å². The van der Waals surface area contributed by atoms with E-state index < -0.39 is 0 Å². The minimum atomic E-state index is 0.806. The van der Waals surface area contributed by atoms with Crippen LogP contribution in [0.3, 0.4) is 0 Å². The van der Waals surface area contributed by atoms with E-state index in [0.717, 1.165) is 33.8 Å². The number of hydrogen-bond donors (Lipinski definition) is 0. The zero-order chi connectivity index (χ0) is 14.9. The molecule has 4 aromatic rings. The van der Waals surface area contributed by atoms with Gasteiger partial charge in [-0.15, -0.1) is 10.2 Å². The maximum absolute atomic E-state index is 5.42. The Morgan fingerprint density at radius 2 is 1.77 bits per heavy atom. The van der Waals surface area contributed by atoms with E-state index in [1.807, 2.05) is 54.6 Å². The van der Waals surface area contributed by atoms with Crippen molar-refractivity contribution in [2.75, 3.05) is 7.11 Å². The van der Waals surface area contributed by atoms with Crippen molar-refractivity contribution in [2.45, 2.75) is 0 Å². The molecule has 5 nitrogen and oxygen atoms in total. The van der Waals surface area contributed by atoms with Crippen LogP contribution in [0.15, 0.2) is 65.3 Å². The molecule has 5 heteroatoms. The van der Waals surface area contributed by atoms with Crippen LogP contribution in [-0.2, 0) is 0 Å². The van der Waals surface area contributed by atoms with Crippen molar-refractivity contribution in [2.24, 2.45) is 0 Å². The maximum atomic E-state index is 5.42. The van der Waals surface area contributed by atoms with Gasteiger partial charge in [-0.25, -0.2) is 0 Å². The van der Waals surface area contributed by atoms with Crippen molar-refractivity contribution in [1.82, 2.24) is 15.0 Å². The predicted octanol–water partition coefficient (Wildman–Crippen LogP) is 3.69. The number of furan rings is 1. The van der Waals surface area contributed by atoms with Gasteiger partial charge in [-0.3, -0.25) is 0 Å². The zero-order valence-electron chi connectivity index (χ0n) is 11.9. The van der Waals surface area contributed by atoms with E-state index in [-0.39, 0.29) is 0 Å².